The molecule has 1 aliphatic rings. The minimum absolute atomic E-state index is 0.389. The highest BCUT2D eigenvalue weighted by Gasteiger charge is 2.28. The van der Waals surface area contributed by atoms with Gasteiger partial charge in [0.05, 0.1) is 4.90 Å². The van der Waals surface area contributed by atoms with E-state index < -0.39 is 10.0 Å². The van der Waals surface area contributed by atoms with E-state index in [0.717, 1.165) is 37.9 Å². The van der Waals surface area contributed by atoms with Crippen LogP contribution in [0.3, 0.4) is 0 Å². The lowest BCUT2D eigenvalue weighted by atomic mass is 10.2. The molecule has 1 aromatic carbocycles. The van der Waals surface area contributed by atoms with Gasteiger partial charge in [-0.1, -0.05) is 19.1 Å². The smallest absolute Gasteiger partial charge is 0.242 e. The molecule has 112 valence electrons. The number of rotatable bonds is 8. The van der Waals surface area contributed by atoms with Crippen molar-refractivity contribution in [3.05, 3.63) is 29.8 Å². The van der Waals surface area contributed by atoms with Crippen molar-refractivity contribution in [2.75, 3.05) is 20.1 Å². The zero-order chi connectivity index (χ0) is 14.6. The minimum Gasteiger partial charge on any atom is -0.313 e. The molecule has 0 saturated heterocycles. The summed E-state index contributed by atoms with van der Waals surface area (Å²) in [4.78, 5) is 0.389. The summed E-state index contributed by atoms with van der Waals surface area (Å²) in [6.45, 7) is 4.52. The molecule has 2 rings (SSSR count). The third-order valence-electron chi connectivity index (χ3n) is 3.60. The summed E-state index contributed by atoms with van der Waals surface area (Å²) in [6.07, 6.45) is 3.40. The molecule has 0 amide bonds. The van der Waals surface area contributed by atoms with Crippen molar-refractivity contribution < 1.29 is 8.42 Å². The first-order valence-electron chi connectivity index (χ1n) is 7.30. The number of nitrogens with one attached hydrogen (secondary N) is 1. The first-order chi connectivity index (χ1) is 9.54. The zero-order valence-electron chi connectivity index (χ0n) is 12.3. The van der Waals surface area contributed by atoms with Crippen molar-refractivity contribution in [1.29, 1.82) is 0 Å². The Morgan fingerprint density at radius 3 is 2.45 bits per heavy atom. The maximum atomic E-state index is 12.4. The van der Waals surface area contributed by atoms with Gasteiger partial charge in [-0.2, -0.15) is 0 Å². The second kappa shape index (κ2) is 6.70. The Balaban J connectivity index is 2.00. The first-order valence-corrected chi connectivity index (χ1v) is 8.74. The van der Waals surface area contributed by atoms with Gasteiger partial charge in [0.25, 0.3) is 0 Å². The molecule has 1 fully saturated rings. The van der Waals surface area contributed by atoms with Crippen molar-refractivity contribution in [2.24, 2.45) is 5.92 Å². The van der Waals surface area contributed by atoms with Gasteiger partial charge >= 0.3 is 0 Å². The second-order valence-corrected chi connectivity index (χ2v) is 7.59. The van der Waals surface area contributed by atoms with Crippen molar-refractivity contribution in [1.82, 2.24) is 9.62 Å². The normalized spacial score (nSPS) is 15.8. The van der Waals surface area contributed by atoms with Gasteiger partial charge in [0, 0.05) is 20.1 Å². The number of sulfonamides is 1. The van der Waals surface area contributed by atoms with Crippen LogP contribution < -0.4 is 5.32 Å². The van der Waals surface area contributed by atoms with E-state index in [-0.39, 0.29) is 0 Å². The third-order valence-corrected chi connectivity index (χ3v) is 5.44. The molecular weight excluding hydrogens is 272 g/mol. The minimum atomic E-state index is -3.32. The van der Waals surface area contributed by atoms with Crippen LogP contribution in [0, 0.1) is 5.92 Å². The van der Waals surface area contributed by atoms with Crippen molar-refractivity contribution >= 4 is 10.0 Å². The second-order valence-electron chi connectivity index (χ2n) is 5.55. The lowest BCUT2D eigenvalue weighted by Gasteiger charge is -2.17. The molecule has 5 heteroatoms. The predicted molar refractivity (Wildman–Crippen MR) is 81.0 cm³/mol. The summed E-state index contributed by atoms with van der Waals surface area (Å²) in [5.74, 6) is 0.562. The molecule has 0 spiro atoms. The standard InChI is InChI=1S/C15H24N2O2S/c1-3-10-16-11-13-6-8-15(9-7-13)20(18,19)17(2)12-14-4-5-14/h6-9,14,16H,3-5,10-12H2,1-2H3. The summed E-state index contributed by atoms with van der Waals surface area (Å²) < 4.78 is 26.2. The SMILES string of the molecule is CCCNCc1ccc(S(=O)(=O)N(C)CC2CC2)cc1. The molecule has 1 aliphatic carbocycles. The molecule has 0 aromatic heterocycles. The quantitative estimate of drug-likeness (QED) is 0.748. The maximum Gasteiger partial charge on any atom is 0.242 e. The van der Waals surface area contributed by atoms with Crippen molar-refractivity contribution in [3.8, 4) is 0 Å². The summed E-state index contributed by atoms with van der Waals surface area (Å²) >= 11 is 0. The molecule has 1 aromatic rings. The van der Waals surface area contributed by atoms with Gasteiger partial charge < -0.3 is 5.32 Å². The topological polar surface area (TPSA) is 49.4 Å². The number of hydrogen-bond donors (Lipinski definition) is 1. The summed E-state index contributed by atoms with van der Waals surface area (Å²) in [7, 11) is -1.65. The molecule has 0 heterocycles. The van der Waals surface area contributed by atoms with Crippen molar-refractivity contribution in [3.63, 3.8) is 0 Å². The lowest BCUT2D eigenvalue weighted by Crippen LogP contribution is -2.28. The Hall–Kier alpha value is -0.910. The van der Waals surface area contributed by atoms with E-state index in [4.69, 9.17) is 0 Å². The monoisotopic (exact) mass is 296 g/mol. The largest absolute Gasteiger partial charge is 0.313 e. The number of nitrogens with zero attached hydrogens (tertiary/aromatic N) is 1. The van der Waals surface area contributed by atoms with Gasteiger partial charge in [0.2, 0.25) is 10.0 Å². The number of benzene rings is 1. The van der Waals surface area contributed by atoms with Crippen LogP contribution in [0.4, 0.5) is 0 Å². The Bertz CT molecular complexity index is 521. The van der Waals surface area contributed by atoms with Crippen LogP contribution in [-0.2, 0) is 16.6 Å². The van der Waals surface area contributed by atoms with Crippen LogP contribution in [0.15, 0.2) is 29.2 Å². The lowest BCUT2D eigenvalue weighted by molar-refractivity contribution is 0.453. The van der Waals surface area contributed by atoms with E-state index in [2.05, 4.69) is 12.2 Å². The molecule has 0 unspecified atom stereocenters. The van der Waals surface area contributed by atoms with E-state index in [1.807, 2.05) is 12.1 Å². The predicted octanol–water partition coefficient (Wildman–Crippen LogP) is 2.22. The average molecular weight is 296 g/mol. The highest BCUT2D eigenvalue weighted by molar-refractivity contribution is 7.89. The Kier molecular flexibility index (Phi) is 5.18. The van der Waals surface area contributed by atoms with Crippen LogP contribution in [0.25, 0.3) is 0 Å². The van der Waals surface area contributed by atoms with Crippen LogP contribution in [0.2, 0.25) is 0 Å². The third kappa shape index (κ3) is 4.04. The Morgan fingerprint density at radius 2 is 1.90 bits per heavy atom. The highest BCUT2D eigenvalue weighted by Crippen LogP contribution is 2.30. The fourth-order valence-electron chi connectivity index (χ4n) is 2.13. The molecule has 0 atom stereocenters. The van der Waals surface area contributed by atoms with Crippen LogP contribution in [0.1, 0.15) is 31.7 Å². The van der Waals surface area contributed by atoms with Crippen LogP contribution in [-0.4, -0.2) is 32.9 Å². The van der Waals surface area contributed by atoms with Gasteiger partial charge in [-0.25, -0.2) is 12.7 Å². The summed E-state index contributed by atoms with van der Waals surface area (Å²) in [5, 5.41) is 3.31. The maximum absolute atomic E-state index is 12.4. The van der Waals surface area contributed by atoms with Gasteiger partial charge in [0.1, 0.15) is 0 Å². The fraction of sp³-hybridized carbons (Fsp3) is 0.600. The van der Waals surface area contributed by atoms with Crippen LogP contribution >= 0.6 is 0 Å². The molecule has 0 aliphatic heterocycles. The first kappa shape index (κ1) is 15.5. The van der Waals surface area contributed by atoms with E-state index in [1.54, 1.807) is 19.2 Å². The van der Waals surface area contributed by atoms with E-state index in [0.29, 0.717) is 17.4 Å². The molecule has 1 saturated carbocycles. The fourth-order valence-corrected chi connectivity index (χ4v) is 3.38. The highest BCUT2D eigenvalue weighted by atomic mass is 32.2. The zero-order valence-corrected chi connectivity index (χ0v) is 13.1. The van der Waals surface area contributed by atoms with Crippen molar-refractivity contribution in [2.45, 2.75) is 37.6 Å². The molecule has 0 radical (unpaired) electrons. The van der Waals surface area contributed by atoms with Gasteiger partial charge in [-0.15, -0.1) is 0 Å². The van der Waals surface area contributed by atoms with E-state index >= 15 is 0 Å². The van der Waals surface area contributed by atoms with Gasteiger partial charge in [0.15, 0.2) is 0 Å². The summed E-state index contributed by atoms with van der Waals surface area (Å²) in [6, 6.07) is 7.20. The Labute approximate surface area is 122 Å². The van der Waals surface area contributed by atoms with Gasteiger partial charge in [-0.3, -0.25) is 0 Å². The van der Waals surface area contributed by atoms with E-state index in [1.165, 1.54) is 4.31 Å². The molecule has 20 heavy (non-hydrogen) atoms. The summed E-state index contributed by atoms with van der Waals surface area (Å²) in [5.41, 5.74) is 1.11. The van der Waals surface area contributed by atoms with Crippen LogP contribution in [0.5, 0.6) is 0 Å². The molecule has 1 N–H and O–H groups in total. The molecule has 0 bridgehead atoms. The van der Waals surface area contributed by atoms with Gasteiger partial charge in [-0.05, 0) is 49.4 Å². The number of hydrogen-bond acceptors (Lipinski definition) is 3. The Morgan fingerprint density at radius 1 is 1.25 bits per heavy atom. The molecule has 4 nitrogen and oxygen atoms in total. The average Bonchev–Trinajstić information content (AvgIpc) is 3.23. The molecular formula is C15H24N2O2S. The van der Waals surface area contributed by atoms with E-state index in [9.17, 15) is 8.42 Å².